The van der Waals surface area contributed by atoms with Crippen molar-refractivity contribution in [1.29, 1.82) is 0 Å². The molecule has 12 heavy (non-hydrogen) atoms. The third-order valence-corrected chi connectivity index (χ3v) is 2.89. The monoisotopic (exact) mass is 203 g/mol. The first-order chi connectivity index (χ1) is 5.74. The van der Waals surface area contributed by atoms with Gasteiger partial charge in [0.1, 0.15) is 0 Å². The standard InChI is InChI=1S/C7H13N3S2/c1-11-3-2-5(8)6-4-12-7(9)10-6/h4-5H,2-3,8H2,1H3,(H2,9,10). The highest BCUT2D eigenvalue weighted by atomic mass is 32.2. The molecule has 0 spiro atoms. The minimum atomic E-state index is 0.0472. The van der Waals surface area contributed by atoms with Crippen LogP contribution in [0.25, 0.3) is 0 Å². The second kappa shape index (κ2) is 4.69. The SMILES string of the molecule is CSCCC(N)c1csc(N)n1. The Labute approximate surface area is 80.6 Å². The number of anilines is 1. The van der Waals surface area contributed by atoms with Gasteiger partial charge >= 0.3 is 0 Å². The van der Waals surface area contributed by atoms with Crippen LogP contribution in [0, 0.1) is 0 Å². The summed E-state index contributed by atoms with van der Waals surface area (Å²) in [5.41, 5.74) is 12.3. The topological polar surface area (TPSA) is 64.9 Å². The normalized spacial score (nSPS) is 13.2. The van der Waals surface area contributed by atoms with E-state index in [1.807, 2.05) is 5.38 Å². The molecule has 0 bridgehead atoms. The summed E-state index contributed by atoms with van der Waals surface area (Å²) in [6.07, 6.45) is 3.03. The Balaban J connectivity index is 2.47. The molecule has 1 heterocycles. The van der Waals surface area contributed by atoms with Gasteiger partial charge in [0.25, 0.3) is 0 Å². The predicted octanol–water partition coefficient (Wildman–Crippen LogP) is 1.48. The molecule has 68 valence electrons. The second-order valence-corrected chi connectivity index (χ2v) is 4.37. The van der Waals surface area contributed by atoms with Gasteiger partial charge in [-0.1, -0.05) is 0 Å². The summed E-state index contributed by atoms with van der Waals surface area (Å²) in [5, 5.41) is 2.53. The lowest BCUT2D eigenvalue weighted by Crippen LogP contribution is -2.11. The average Bonchev–Trinajstić information content (AvgIpc) is 2.47. The molecule has 1 aromatic rings. The van der Waals surface area contributed by atoms with E-state index in [2.05, 4.69) is 11.2 Å². The summed E-state index contributed by atoms with van der Waals surface area (Å²) >= 11 is 3.24. The summed E-state index contributed by atoms with van der Waals surface area (Å²) in [7, 11) is 0. The highest BCUT2D eigenvalue weighted by molar-refractivity contribution is 7.98. The molecular weight excluding hydrogens is 190 g/mol. The van der Waals surface area contributed by atoms with Crippen molar-refractivity contribution in [3.8, 4) is 0 Å². The zero-order valence-corrected chi connectivity index (χ0v) is 8.62. The maximum atomic E-state index is 5.87. The van der Waals surface area contributed by atoms with Crippen molar-refractivity contribution in [1.82, 2.24) is 4.98 Å². The number of thioether (sulfide) groups is 1. The molecule has 3 nitrogen and oxygen atoms in total. The van der Waals surface area contributed by atoms with Gasteiger partial charge in [0, 0.05) is 11.4 Å². The van der Waals surface area contributed by atoms with Crippen molar-refractivity contribution < 1.29 is 0 Å². The molecule has 5 heteroatoms. The molecule has 1 atom stereocenters. The third-order valence-electron chi connectivity index (χ3n) is 1.55. The fraction of sp³-hybridized carbons (Fsp3) is 0.571. The van der Waals surface area contributed by atoms with Crippen molar-refractivity contribution in [3.05, 3.63) is 11.1 Å². The minimum absolute atomic E-state index is 0.0472. The van der Waals surface area contributed by atoms with Crippen LogP contribution >= 0.6 is 23.1 Å². The van der Waals surface area contributed by atoms with Gasteiger partial charge in [-0.15, -0.1) is 11.3 Å². The van der Waals surface area contributed by atoms with Gasteiger partial charge in [-0.05, 0) is 18.4 Å². The number of rotatable bonds is 4. The van der Waals surface area contributed by atoms with Crippen molar-refractivity contribution in [3.63, 3.8) is 0 Å². The molecule has 1 aromatic heterocycles. The Kier molecular flexibility index (Phi) is 3.84. The van der Waals surface area contributed by atoms with Crippen molar-refractivity contribution >= 4 is 28.2 Å². The summed E-state index contributed by atoms with van der Waals surface area (Å²) in [4.78, 5) is 4.13. The number of thiazole rings is 1. The van der Waals surface area contributed by atoms with Crippen molar-refractivity contribution in [2.45, 2.75) is 12.5 Å². The van der Waals surface area contributed by atoms with E-state index in [0.717, 1.165) is 17.9 Å². The van der Waals surface area contributed by atoms with Crippen LogP contribution in [0.4, 0.5) is 5.13 Å². The molecule has 4 N–H and O–H groups in total. The molecule has 0 saturated carbocycles. The fourth-order valence-electron chi connectivity index (χ4n) is 0.864. The number of nitrogen functional groups attached to an aromatic ring is 1. The quantitative estimate of drug-likeness (QED) is 0.778. The molecule has 0 aliphatic carbocycles. The maximum Gasteiger partial charge on any atom is 0.180 e. The maximum absolute atomic E-state index is 5.87. The minimum Gasteiger partial charge on any atom is -0.375 e. The van der Waals surface area contributed by atoms with Crippen LogP contribution in [-0.2, 0) is 0 Å². The average molecular weight is 203 g/mol. The number of hydrogen-bond acceptors (Lipinski definition) is 5. The van der Waals surface area contributed by atoms with Gasteiger partial charge in [-0.3, -0.25) is 0 Å². The van der Waals surface area contributed by atoms with Gasteiger partial charge in [-0.2, -0.15) is 11.8 Å². The lowest BCUT2D eigenvalue weighted by molar-refractivity contribution is 0.688. The van der Waals surface area contributed by atoms with Crippen LogP contribution in [-0.4, -0.2) is 17.0 Å². The molecule has 0 radical (unpaired) electrons. The zero-order valence-electron chi connectivity index (χ0n) is 6.99. The van der Waals surface area contributed by atoms with E-state index in [-0.39, 0.29) is 6.04 Å². The van der Waals surface area contributed by atoms with Crippen LogP contribution < -0.4 is 11.5 Å². The Bertz CT molecular complexity index is 236. The van der Waals surface area contributed by atoms with Gasteiger partial charge in [-0.25, -0.2) is 4.98 Å². The first-order valence-corrected chi connectivity index (χ1v) is 5.97. The zero-order chi connectivity index (χ0) is 8.97. The number of hydrogen-bond donors (Lipinski definition) is 2. The van der Waals surface area contributed by atoms with E-state index in [1.165, 1.54) is 11.3 Å². The van der Waals surface area contributed by atoms with Gasteiger partial charge in [0.05, 0.1) is 5.69 Å². The van der Waals surface area contributed by atoms with Gasteiger partial charge in [0.2, 0.25) is 0 Å². The Morgan fingerprint density at radius 2 is 2.50 bits per heavy atom. The molecule has 0 aromatic carbocycles. The summed E-state index contributed by atoms with van der Waals surface area (Å²) in [6.45, 7) is 0. The molecule has 0 amide bonds. The molecule has 0 saturated heterocycles. The van der Waals surface area contributed by atoms with E-state index in [9.17, 15) is 0 Å². The largest absolute Gasteiger partial charge is 0.375 e. The van der Waals surface area contributed by atoms with Gasteiger partial charge < -0.3 is 11.5 Å². The van der Waals surface area contributed by atoms with Crippen LogP contribution in [0.2, 0.25) is 0 Å². The number of nitrogens with two attached hydrogens (primary N) is 2. The molecule has 1 unspecified atom stereocenters. The first kappa shape index (κ1) is 9.83. The highest BCUT2D eigenvalue weighted by Crippen LogP contribution is 2.19. The van der Waals surface area contributed by atoms with Crippen LogP contribution in [0.3, 0.4) is 0 Å². The lowest BCUT2D eigenvalue weighted by Gasteiger charge is -2.06. The molecule has 1 rings (SSSR count). The van der Waals surface area contributed by atoms with E-state index in [1.54, 1.807) is 11.8 Å². The lowest BCUT2D eigenvalue weighted by atomic mass is 10.2. The number of nitrogens with zero attached hydrogens (tertiary/aromatic N) is 1. The Hall–Kier alpha value is -0.260. The molecular formula is C7H13N3S2. The van der Waals surface area contributed by atoms with Crippen molar-refractivity contribution in [2.75, 3.05) is 17.7 Å². The van der Waals surface area contributed by atoms with E-state index >= 15 is 0 Å². The van der Waals surface area contributed by atoms with Gasteiger partial charge in [0.15, 0.2) is 5.13 Å². The molecule has 0 aliphatic rings. The van der Waals surface area contributed by atoms with Crippen LogP contribution in [0.5, 0.6) is 0 Å². The van der Waals surface area contributed by atoms with E-state index in [4.69, 9.17) is 11.5 Å². The van der Waals surface area contributed by atoms with Crippen LogP contribution in [0.15, 0.2) is 5.38 Å². The van der Waals surface area contributed by atoms with E-state index in [0.29, 0.717) is 5.13 Å². The summed E-state index contributed by atoms with van der Waals surface area (Å²) in [5.74, 6) is 1.07. The fourth-order valence-corrected chi connectivity index (χ4v) is 1.98. The summed E-state index contributed by atoms with van der Waals surface area (Å²) in [6, 6.07) is 0.0472. The number of aromatic nitrogens is 1. The molecule has 0 aliphatic heterocycles. The second-order valence-electron chi connectivity index (χ2n) is 2.50. The van der Waals surface area contributed by atoms with E-state index < -0.39 is 0 Å². The summed E-state index contributed by atoms with van der Waals surface area (Å²) < 4.78 is 0. The highest BCUT2D eigenvalue weighted by Gasteiger charge is 2.08. The molecule has 0 fully saturated rings. The Morgan fingerprint density at radius 3 is 3.00 bits per heavy atom. The van der Waals surface area contributed by atoms with Crippen LogP contribution in [0.1, 0.15) is 18.2 Å². The smallest absolute Gasteiger partial charge is 0.180 e. The third kappa shape index (κ3) is 2.66. The Morgan fingerprint density at radius 1 is 1.75 bits per heavy atom. The first-order valence-electron chi connectivity index (χ1n) is 3.69. The predicted molar refractivity (Wildman–Crippen MR) is 56.5 cm³/mol. The van der Waals surface area contributed by atoms with Crippen molar-refractivity contribution in [2.24, 2.45) is 5.73 Å².